The molecular formula is C68H132O17P2. The molecule has 0 aromatic rings. The first-order valence-corrected chi connectivity index (χ1v) is 38.8. The van der Waals surface area contributed by atoms with Gasteiger partial charge in [-0.25, -0.2) is 9.13 Å². The van der Waals surface area contributed by atoms with E-state index in [9.17, 15) is 43.2 Å². The molecule has 3 N–H and O–H groups in total. The van der Waals surface area contributed by atoms with Crippen molar-refractivity contribution >= 4 is 39.5 Å². The quantitative estimate of drug-likeness (QED) is 0.0222. The van der Waals surface area contributed by atoms with Gasteiger partial charge in [-0.15, -0.1) is 0 Å². The highest BCUT2D eigenvalue weighted by atomic mass is 31.2. The van der Waals surface area contributed by atoms with Crippen LogP contribution in [0.3, 0.4) is 0 Å². The SMILES string of the molecule is CCCCCCCCCCCCCCCCCCCCC(=O)O[C@H](COC(=O)CCCCCCCCCCCCCCCCCC)COP(=O)(O)OC[C@@H](O)COP(=O)(O)OC[C@@H](COC(=O)CCCCCCC)OC(=O)CCCCCCCCCC. The van der Waals surface area contributed by atoms with Crippen LogP contribution in [-0.2, 0) is 65.4 Å². The summed E-state index contributed by atoms with van der Waals surface area (Å²) in [6.45, 7) is 4.81. The molecule has 0 bridgehead atoms. The second kappa shape index (κ2) is 62.8. The third kappa shape index (κ3) is 62.6. The van der Waals surface area contributed by atoms with Crippen LogP contribution < -0.4 is 0 Å². The normalized spacial score (nSPS) is 14.1. The van der Waals surface area contributed by atoms with Crippen molar-refractivity contribution in [3.8, 4) is 0 Å². The first-order chi connectivity index (χ1) is 42.2. The first-order valence-electron chi connectivity index (χ1n) is 35.8. The van der Waals surface area contributed by atoms with E-state index in [-0.39, 0.29) is 25.7 Å². The van der Waals surface area contributed by atoms with E-state index in [0.29, 0.717) is 25.7 Å². The van der Waals surface area contributed by atoms with E-state index >= 15 is 0 Å². The summed E-state index contributed by atoms with van der Waals surface area (Å²) in [4.78, 5) is 72.1. The lowest BCUT2D eigenvalue weighted by atomic mass is 10.0. The number of rotatable bonds is 69. The van der Waals surface area contributed by atoms with E-state index in [4.69, 9.17) is 37.0 Å². The van der Waals surface area contributed by atoms with Crippen LogP contribution in [0, 0.1) is 0 Å². The molecule has 0 aliphatic rings. The zero-order valence-corrected chi connectivity index (χ0v) is 57.8. The number of ether oxygens (including phenoxy) is 4. The number of aliphatic hydroxyl groups excluding tert-OH is 1. The van der Waals surface area contributed by atoms with E-state index < -0.39 is 97.5 Å². The van der Waals surface area contributed by atoms with Crippen molar-refractivity contribution in [2.24, 2.45) is 0 Å². The number of carbonyl (C=O) groups excluding carboxylic acids is 4. The Morgan fingerprint density at radius 1 is 0.276 bits per heavy atom. The third-order valence-electron chi connectivity index (χ3n) is 15.9. The fourth-order valence-corrected chi connectivity index (χ4v) is 11.9. The van der Waals surface area contributed by atoms with Crippen molar-refractivity contribution in [1.82, 2.24) is 0 Å². The number of carbonyl (C=O) groups is 4. The second-order valence-corrected chi connectivity index (χ2v) is 27.5. The summed E-state index contributed by atoms with van der Waals surface area (Å²) in [6.07, 6.45) is 50.5. The van der Waals surface area contributed by atoms with Crippen molar-refractivity contribution in [2.75, 3.05) is 39.6 Å². The minimum atomic E-state index is -4.95. The molecule has 0 saturated heterocycles. The molecule has 0 aliphatic heterocycles. The zero-order valence-electron chi connectivity index (χ0n) is 56.0. The maximum absolute atomic E-state index is 13.0. The number of phosphoric ester groups is 2. The number of aliphatic hydroxyl groups is 1. The highest BCUT2D eigenvalue weighted by Crippen LogP contribution is 2.45. The van der Waals surface area contributed by atoms with Gasteiger partial charge in [0, 0.05) is 25.7 Å². The topological polar surface area (TPSA) is 237 Å². The molecule has 0 amide bonds. The Balaban J connectivity index is 5.12. The van der Waals surface area contributed by atoms with Crippen molar-refractivity contribution in [2.45, 2.75) is 373 Å². The minimum absolute atomic E-state index is 0.104. The Kier molecular flexibility index (Phi) is 61.4. The molecule has 0 radical (unpaired) electrons. The number of unbranched alkanes of at least 4 members (excludes halogenated alkanes) is 43. The highest BCUT2D eigenvalue weighted by molar-refractivity contribution is 7.47. The van der Waals surface area contributed by atoms with Crippen molar-refractivity contribution in [1.29, 1.82) is 0 Å². The fourth-order valence-electron chi connectivity index (χ4n) is 10.3. The molecule has 19 heteroatoms. The Bertz CT molecular complexity index is 1670. The molecule has 0 aromatic heterocycles. The van der Waals surface area contributed by atoms with Gasteiger partial charge in [-0.1, -0.05) is 304 Å². The first kappa shape index (κ1) is 85.1. The van der Waals surface area contributed by atoms with Gasteiger partial charge in [0.05, 0.1) is 26.4 Å². The third-order valence-corrected chi connectivity index (χ3v) is 17.8. The summed E-state index contributed by atoms with van der Waals surface area (Å²) in [5.41, 5.74) is 0. The summed E-state index contributed by atoms with van der Waals surface area (Å²) in [6, 6.07) is 0. The number of phosphoric acid groups is 2. The van der Waals surface area contributed by atoms with E-state index in [0.717, 1.165) is 103 Å². The summed E-state index contributed by atoms with van der Waals surface area (Å²) < 4.78 is 67.9. The molecule has 0 fully saturated rings. The summed E-state index contributed by atoms with van der Waals surface area (Å²) in [5, 5.41) is 10.5. The molecule has 0 saturated carbocycles. The monoisotopic (exact) mass is 1280 g/mol. The van der Waals surface area contributed by atoms with Gasteiger partial charge in [0.1, 0.15) is 19.3 Å². The molecule has 5 atom stereocenters. The lowest BCUT2D eigenvalue weighted by Gasteiger charge is -2.21. The molecule has 87 heavy (non-hydrogen) atoms. The second-order valence-electron chi connectivity index (χ2n) is 24.6. The van der Waals surface area contributed by atoms with Gasteiger partial charge < -0.3 is 33.8 Å². The van der Waals surface area contributed by atoms with Crippen LogP contribution in [0.1, 0.15) is 355 Å². The van der Waals surface area contributed by atoms with Gasteiger partial charge in [0.25, 0.3) is 0 Å². The Labute approximate surface area is 530 Å². The standard InChI is InChI=1S/C68H132O17P2/c1-5-9-13-17-20-23-25-27-29-31-32-34-36-38-40-43-47-51-55-68(73)85-64(59-79-66(71)53-49-45-42-39-37-35-33-30-28-26-24-21-18-14-10-6-2)61-83-87(76,77)81-57-62(69)56-80-86(74,75)82-60-63(58-78-65(70)52-48-44-16-12-8-4)84-67(72)54-50-46-41-22-19-15-11-7-3/h62-64,69H,5-61H2,1-4H3,(H,74,75)(H,76,77)/t62-,63+,64+/m0/s1. The molecule has 0 aliphatic carbocycles. The molecule has 516 valence electrons. The molecule has 0 heterocycles. The van der Waals surface area contributed by atoms with Gasteiger partial charge in [0.2, 0.25) is 0 Å². The van der Waals surface area contributed by atoms with Gasteiger partial charge in [-0.05, 0) is 25.7 Å². The van der Waals surface area contributed by atoms with Crippen LogP contribution in [0.5, 0.6) is 0 Å². The number of hydrogen-bond acceptors (Lipinski definition) is 15. The van der Waals surface area contributed by atoms with Crippen LogP contribution in [0.4, 0.5) is 0 Å². The molecular weight excluding hydrogens is 1150 g/mol. The maximum atomic E-state index is 13.0. The maximum Gasteiger partial charge on any atom is 0.472 e. The average molecular weight is 1280 g/mol. The van der Waals surface area contributed by atoms with Gasteiger partial charge in [-0.2, -0.15) is 0 Å². The Morgan fingerprint density at radius 3 is 0.678 bits per heavy atom. The molecule has 0 aromatic carbocycles. The van der Waals surface area contributed by atoms with Crippen molar-refractivity contribution in [3.63, 3.8) is 0 Å². The molecule has 17 nitrogen and oxygen atoms in total. The van der Waals surface area contributed by atoms with Gasteiger partial charge in [-0.3, -0.25) is 37.3 Å². The summed E-state index contributed by atoms with van der Waals surface area (Å²) in [5.74, 6) is -2.14. The van der Waals surface area contributed by atoms with Gasteiger partial charge in [0.15, 0.2) is 12.2 Å². The summed E-state index contributed by atoms with van der Waals surface area (Å²) >= 11 is 0. The van der Waals surface area contributed by atoms with Gasteiger partial charge >= 0.3 is 39.5 Å². The zero-order chi connectivity index (χ0) is 64.0. The van der Waals surface area contributed by atoms with Crippen molar-refractivity contribution in [3.05, 3.63) is 0 Å². The number of hydrogen-bond donors (Lipinski definition) is 3. The predicted molar refractivity (Wildman–Crippen MR) is 349 cm³/mol. The smallest absolute Gasteiger partial charge is 0.462 e. The lowest BCUT2D eigenvalue weighted by molar-refractivity contribution is -0.161. The largest absolute Gasteiger partial charge is 0.472 e. The van der Waals surface area contributed by atoms with Crippen LogP contribution in [0.15, 0.2) is 0 Å². The molecule has 0 spiro atoms. The predicted octanol–water partition coefficient (Wildman–Crippen LogP) is 19.5. The van der Waals surface area contributed by atoms with E-state index in [1.54, 1.807) is 0 Å². The lowest BCUT2D eigenvalue weighted by Crippen LogP contribution is -2.30. The van der Waals surface area contributed by atoms with Crippen LogP contribution >= 0.6 is 15.6 Å². The average Bonchev–Trinajstić information content (AvgIpc) is 3.70. The van der Waals surface area contributed by atoms with Crippen LogP contribution in [-0.4, -0.2) is 96.7 Å². The highest BCUT2D eigenvalue weighted by Gasteiger charge is 2.30. The summed E-state index contributed by atoms with van der Waals surface area (Å²) in [7, 11) is -9.88. The Morgan fingerprint density at radius 2 is 0.460 bits per heavy atom. The number of esters is 4. The van der Waals surface area contributed by atoms with E-state index in [1.807, 2.05) is 0 Å². The fraction of sp³-hybridized carbons (Fsp3) is 0.941. The molecule has 0 rings (SSSR count). The van der Waals surface area contributed by atoms with Crippen molar-refractivity contribution < 1.29 is 80.2 Å². The molecule has 2 unspecified atom stereocenters. The Hall–Kier alpha value is -1.94. The van der Waals surface area contributed by atoms with E-state index in [1.165, 1.54) is 173 Å². The van der Waals surface area contributed by atoms with E-state index in [2.05, 4.69) is 27.7 Å². The van der Waals surface area contributed by atoms with Crippen LogP contribution in [0.25, 0.3) is 0 Å². The van der Waals surface area contributed by atoms with Crippen LogP contribution in [0.2, 0.25) is 0 Å². The minimum Gasteiger partial charge on any atom is -0.462 e.